The molecular weight excluding hydrogens is 267 g/mol. The zero-order valence-corrected chi connectivity index (χ0v) is 9.81. The monoisotopic (exact) mass is 276 g/mol. The van der Waals surface area contributed by atoms with Crippen molar-refractivity contribution in [3.8, 4) is 5.75 Å². The van der Waals surface area contributed by atoms with Crippen LogP contribution in [0.1, 0.15) is 5.56 Å². The van der Waals surface area contributed by atoms with Crippen LogP contribution >= 0.6 is 27.5 Å². The van der Waals surface area contributed by atoms with Crippen molar-refractivity contribution < 1.29 is 9.84 Å². The zero-order valence-electron chi connectivity index (χ0n) is 7.46. The smallest absolute Gasteiger partial charge is 0.125 e. The van der Waals surface area contributed by atoms with Gasteiger partial charge in [0.1, 0.15) is 12.4 Å². The van der Waals surface area contributed by atoms with Crippen LogP contribution in [0.2, 0.25) is 5.02 Å². The molecular formula is C10H10BrClO2. The molecule has 0 aromatic heterocycles. The van der Waals surface area contributed by atoms with E-state index in [0.717, 1.165) is 4.48 Å². The minimum Gasteiger partial charge on any atom is -0.488 e. The fraction of sp³-hybridized carbons (Fsp3) is 0.200. The number of aliphatic hydroxyl groups excluding tert-OH is 1. The summed E-state index contributed by atoms with van der Waals surface area (Å²) < 4.78 is 6.13. The number of rotatable bonds is 4. The van der Waals surface area contributed by atoms with Crippen molar-refractivity contribution in [3.05, 3.63) is 39.8 Å². The van der Waals surface area contributed by atoms with Gasteiger partial charge in [0, 0.05) is 15.1 Å². The van der Waals surface area contributed by atoms with Crippen LogP contribution < -0.4 is 4.74 Å². The molecule has 2 nitrogen and oxygen atoms in total. The van der Waals surface area contributed by atoms with Gasteiger partial charge < -0.3 is 9.84 Å². The molecule has 0 amide bonds. The summed E-state index contributed by atoms with van der Waals surface area (Å²) in [5.74, 6) is 0.623. The van der Waals surface area contributed by atoms with E-state index in [4.69, 9.17) is 21.4 Å². The van der Waals surface area contributed by atoms with Gasteiger partial charge in [-0.25, -0.2) is 0 Å². The maximum atomic E-state index is 9.04. The van der Waals surface area contributed by atoms with Gasteiger partial charge in [0.25, 0.3) is 0 Å². The Morgan fingerprint density at radius 3 is 2.86 bits per heavy atom. The lowest BCUT2D eigenvalue weighted by atomic mass is 10.2. The van der Waals surface area contributed by atoms with E-state index in [-0.39, 0.29) is 6.61 Å². The highest BCUT2D eigenvalue weighted by molar-refractivity contribution is 9.11. The Labute approximate surface area is 96.3 Å². The summed E-state index contributed by atoms with van der Waals surface area (Å²) in [6.45, 7) is 3.92. The Kier molecular flexibility index (Phi) is 4.45. The molecule has 0 aliphatic heterocycles. The molecule has 1 N–H and O–H groups in total. The Balaban J connectivity index is 2.80. The summed E-state index contributed by atoms with van der Waals surface area (Å²) in [6.07, 6.45) is 0. The molecule has 0 saturated heterocycles. The molecule has 0 fully saturated rings. The van der Waals surface area contributed by atoms with Gasteiger partial charge in [-0.05, 0) is 18.2 Å². The van der Waals surface area contributed by atoms with Gasteiger partial charge in [0.15, 0.2) is 0 Å². The molecule has 0 heterocycles. The first-order valence-electron chi connectivity index (χ1n) is 3.99. The highest BCUT2D eigenvalue weighted by Gasteiger charge is 2.03. The summed E-state index contributed by atoms with van der Waals surface area (Å²) in [5.41, 5.74) is 0.672. The second-order valence-corrected chi connectivity index (χ2v) is 4.27. The lowest BCUT2D eigenvalue weighted by Crippen LogP contribution is -1.99. The second-order valence-electron chi connectivity index (χ2n) is 2.72. The van der Waals surface area contributed by atoms with Crippen LogP contribution in [0.4, 0.5) is 0 Å². The molecule has 14 heavy (non-hydrogen) atoms. The third kappa shape index (κ3) is 3.33. The Morgan fingerprint density at radius 2 is 2.29 bits per heavy atom. The third-order valence-corrected chi connectivity index (χ3v) is 2.04. The van der Waals surface area contributed by atoms with E-state index in [1.54, 1.807) is 18.2 Å². The fourth-order valence-corrected chi connectivity index (χ4v) is 1.28. The maximum absolute atomic E-state index is 9.04. The van der Waals surface area contributed by atoms with Crippen molar-refractivity contribution in [3.63, 3.8) is 0 Å². The molecule has 0 unspecified atom stereocenters. The number of benzene rings is 1. The highest BCUT2D eigenvalue weighted by Crippen LogP contribution is 2.23. The van der Waals surface area contributed by atoms with Crippen molar-refractivity contribution >= 4 is 27.5 Å². The first-order chi connectivity index (χ1) is 6.63. The molecule has 0 spiro atoms. The molecule has 1 aromatic carbocycles. The molecule has 0 aliphatic rings. The summed E-state index contributed by atoms with van der Waals surface area (Å²) in [4.78, 5) is 0. The topological polar surface area (TPSA) is 29.5 Å². The van der Waals surface area contributed by atoms with Crippen LogP contribution in [0.5, 0.6) is 5.75 Å². The predicted octanol–water partition coefficient (Wildman–Crippen LogP) is 3.12. The molecule has 0 saturated carbocycles. The molecule has 0 aliphatic carbocycles. The second kappa shape index (κ2) is 5.39. The van der Waals surface area contributed by atoms with Crippen molar-refractivity contribution in [1.82, 2.24) is 0 Å². The van der Waals surface area contributed by atoms with E-state index in [0.29, 0.717) is 22.9 Å². The van der Waals surface area contributed by atoms with Gasteiger partial charge in [-0.3, -0.25) is 0 Å². The van der Waals surface area contributed by atoms with E-state index in [2.05, 4.69) is 22.5 Å². The van der Waals surface area contributed by atoms with Crippen LogP contribution in [0, 0.1) is 0 Å². The third-order valence-electron chi connectivity index (χ3n) is 1.58. The summed E-state index contributed by atoms with van der Waals surface area (Å²) in [6, 6.07) is 5.12. The van der Waals surface area contributed by atoms with Crippen molar-refractivity contribution in [2.75, 3.05) is 6.61 Å². The fourth-order valence-electron chi connectivity index (χ4n) is 0.968. The van der Waals surface area contributed by atoms with Crippen LogP contribution in [0.3, 0.4) is 0 Å². The van der Waals surface area contributed by atoms with E-state index >= 15 is 0 Å². The van der Waals surface area contributed by atoms with Gasteiger partial charge in [-0.15, -0.1) is 0 Å². The largest absolute Gasteiger partial charge is 0.488 e. The SMILES string of the molecule is C=C(Br)COc1ccc(Cl)cc1CO. The average Bonchev–Trinajstić information content (AvgIpc) is 2.15. The predicted molar refractivity (Wildman–Crippen MR) is 60.9 cm³/mol. The normalized spacial score (nSPS) is 9.93. The number of ether oxygens (including phenoxy) is 1. The summed E-state index contributed by atoms with van der Waals surface area (Å²) in [7, 11) is 0. The minimum absolute atomic E-state index is 0.0926. The van der Waals surface area contributed by atoms with Gasteiger partial charge >= 0.3 is 0 Å². The Hall–Kier alpha value is -0.510. The quantitative estimate of drug-likeness (QED) is 0.916. The molecule has 0 bridgehead atoms. The molecule has 76 valence electrons. The van der Waals surface area contributed by atoms with Crippen molar-refractivity contribution in [2.45, 2.75) is 6.61 Å². The van der Waals surface area contributed by atoms with E-state index in [9.17, 15) is 0 Å². The van der Waals surface area contributed by atoms with Crippen LogP contribution in [0.25, 0.3) is 0 Å². The molecule has 1 aromatic rings. The van der Waals surface area contributed by atoms with Crippen LogP contribution in [0.15, 0.2) is 29.3 Å². The zero-order chi connectivity index (χ0) is 10.6. The lowest BCUT2D eigenvalue weighted by Gasteiger charge is -2.09. The highest BCUT2D eigenvalue weighted by atomic mass is 79.9. The summed E-state index contributed by atoms with van der Waals surface area (Å²) in [5, 5.41) is 9.62. The maximum Gasteiger partial charge on any atom is 0.125 e. The van der Waals surface area contributed by atoms with E-state index in [1.807, 2.05) is 0 Å². The number of hydrogen-bond donors (Lipinski definition) is 1. The molecule has 0 atom stereocenters. The number of hydrogen-bond acceptors (Lipinski definition) is 2. The van der Waals surface area contributed by atoms with Gasteiger partial charge in [-0.1, -0.05) is 34.1 Å². The Morgan fingerprint density at radius 1 is 1.57 bits per heavy atom. The van der Waals surface area contributed by atoms with Crippen LogP contribution in [-0.4, -0.2) is 11.7 Å². The average molecular weight is 278 g/mol. The first-order valence-corrected chi connectivity index (χ1v) is 5.16. The summed E-state index contributed by atoms with van der Waals surface area (Å²) >= 11 is 8.95. The molecule has 0 radical (unpaired) electrons. The van der Waals surface area contributed by atoms with Crippen molar-refractivity contribution in [2.24, 2.45) is 0 Å². The van der Waals surface area contributed by atoms with Gasteiger partial charge in [-0.2, -0.15) is 0 Å². The molecule has 1 rings (SSSR count). The first kappa shape index (κ1) is 11.6. The van der Waals surface area contributed by atoms with Crippen LogP contribution in [-0.2, 0) is 6.61 Å². The standard InChI is InChI=1S/C10H10BrClO2/c1-7(11)6-14-10-3-2-9(12)4-8(10)5-13/h2-4,13H,1,5-6H2. The van der Waals surface area contributed by atoms with Gasteiger partial charge in [0.2, 0.25) is 0 Å². The van der Waals surface area contributed by atoms with E-state index < -0.39 is 0 Å². The Bertz CT molecular complexity index is 339. The number of halogens is 2. The van der Waals surface area contributed by atoms with Crippen molar-refractivity contribution in [1.29, 1.82) is 0 Å². The number of aliphatic hydroxyl groups is 1. The molecule has 4 heteroatoms. The van der Waals surface area contributed by atoms with E-state index in [1.165, 1.54) is 0 Å². The van der Waals surface area contributed by atoms with Gasteiger partial charge in [0.05, 0.1) is 6.61 Å². The lowest BCUT2D eigenvalue weighted by molar-refractivity contribution is 0.269. The minimum atomic E-state index is -0.0926.